The fourth-order valence-electron chi connectivity index (χ4n) is 6.99. The summed E-state index contributed by atoms with van der Waals surface area (Å²) in [6, 6.07) is 13.0. The van der Waals surface area contributed by atoms with Crippen molar-refractivity contribution in [1.29, 1.82) is 0 Å². The molecular weight excluding hydrogens is 532 g/mol. The summed E-state index contributed by atoms with van der Waals surface area (Å²) in [6.07, 6.45) is 7.36. The smallest absolute Gasteiger partial charge is 0.313 e. The Morgan fingerprint density at radius 3 is 2.52 bits per heavy atom. The van der Waals surface area contributed by atoms with Crippen LogP contribution >= 0.6 is 11.6 Å². The summed E-state index contributed by atoms with van der Waals surface area (Å²) in [5.74, 6) is -3.34. The molecule has 0 aromatic heterocycles. The number of ether oxygens (including phenoxy) is 2. The largest absolute Gasteiger partial charge is 0.461 e. The van der Waals surface area contributed by atoms with E-state index in [1.807, 2.05) is 49.4 Å². The number of aliphatic hydroxyl groups excluding tert-OH is 1. The van der Waals surface area contributed by atoms with Gasteiger partial charge in [-0.3, -0.25) is 14.4 Å². The second kappa shape index (κ2) is 9.87. The third kappa shape index (κ3) is 3.92. The van der Waals surface area contributed by atoms with Gasteiger partial charge in [-0.15, -0.1) is 0 Å². The second-order valence-corrected chi connectivity index (χ2v) is 11.5. The van der Waals surface area contributed by atoms with Gasteiger partial charge in [0.25, 0.3) is 5.91 Å². The normalized spacial score (nSPS) is 31.8. The number of hydrogen-bond acceptors (Lipinski definition) is 6. The molecule has 4 heterocycles. The molecule has 40 heavy (non-hydrogen) atoms. The number of cyclic esters (lactones) is 1. The molecule has 1 unspecified atom stereocenters. The lowest BCUT2D eigenvalue weighted by molar-refractivity contribution is -0.157. The third-order valence-corrected chi connectivity index (χ3v) is 8.93. The number of fused-ring (bicyclic) bond motifs is 2. The number of aliphatic hydroxyl groups is 1. The topological polar surface area (TPSA) is 96.4 Å². The quantitative estimate of drug-likeness (QED) is 0.444. The molecule has 1 spiro atoms. The minimum Gasteiger partial charge on any atom is -0.461 e. The fourth-order valence-corrected chi connectivity index (χ4v) is 7.31. The minimum atomic E-state index is -1.46. The average molecular weight is 563 g/mol. The summed E-state index contributed by atoms with van der Waals surface area (Å²) in [7, 11) is 0. The molecule has 4 aliphatic heterocycles. The van der Waals surface area contributed by atoms with Crippen LogP contribution < -0.4 is 4.90 Å². The van der Waals surface area contributed by atoms with Gasteiger partial charge < -0.3 is 24.4 Å². The van der Waals surface area contributed by atoms with E-state index < -0.39 is 47.0 Å². The minimum absolute atomic E-state index is 0.0803. The van der Waals surface area contributed by atoms with E-state index in [-0.39, 0.29) is 25.7 Å². The van der Waals surface area contributed by atoms with E-state index >= 15 is 0 Å². The van der Waals surface area contributed by atoms with E-state index in [9.17, 15) is 19.5 Å². The van der Waals surface area contributed by atoms with Crippen molar-refractivity contribution in [2.24, 2.45) is 11.8 Å². The van der Waals surface area contributed by atoms with E-state index in [0.29, 0.717) is 17.1 Å². The van der Waals surface area contributed by atoms with Crippen LogP contribution in [0, 0.1) is 18.8 Å². The van der Waals surface area contributed by atoms with Crippen LogP contribution in [0.3, 0.4) is 0 Å². The van der Waals surface area contributed by atoms with Crippen molar-refractivity contribution in [3.8, 4) is 0 Å². The molecule has 2 amide bonds. The highest BCUT2D eigenvalue weighted by molar-refractivity contribution is 6.34. The first kappa shape index (κ1) is 26.7. The highest BCUT2D eigenvalue weighted by atomic mass is 35.5. The van der Waals surface area contributed by atoms with Crippen molar-refractivity contribution in [1.82, 2.24) is 4.90 Å². The molecule has 9 heteroatoms. The number of hydrogen-bond donors (Lipinski definition) is 1. The molecule has 0 aliphatic carbocycles. The molecule has 0 saturated carbocycles. The maximum Gasteiger partial charge on any atom is 0.313 e. The predicted molar refractivity (Wildman–Crippen MR) is 149 cm³/mol. The lowest BCUT2D eigenvalue weighted by atomic mass is 9.75. The van der Waals surface area contributed by atoms with Gasteiger partial charge in [-0.1, -0.05) is 72.3 Å². The second-order valence-electron chi connectivity index (χ2n) is 11.1. The molecule has 2 fully saturated rings. The van der Waals surface area contributed by atoms with E-state index in [2.05, 4.69) is 0 Å². The van der Waals surface area contributed by atoms with Crippen LogP contribution in [0.5, 0.6) is 0 Å². The van der Waals surface area contributed by atoms with Gasteiger partial charge in [0, 0.05) is 6.54 Å². The Hall–Kier alpha value is -3.46. The zero-order valence-corrected chi connectivity index (χ0v) is 23.1. The number of carbonyl (C=O) groups excluding carboxylic acids is 3. The molecule has 2 aromatic carbocycles. The Balaban J connectivity index is 1.52. The number of anilines is 1. The van der Waals surface area contributed by atoms with Crippen LogP contribution in [0.4, 0.5) is 5.69 Å². The first-order valence-corrected chi connectivity index (χ1v) is 13.9. The molecule has 0 bridgehead atoms. The Bertz CT molecular complexity index is 1410. The van der Waals surface area contributed by atoms with Crippen molar-refractivity contribution in [3.05, 3.63) is 89.0 Å². The van der Waals surface area contributed by atoms with Crippen molar-refractivity contribution < 1.29 is 29.0 Å². The Morgan fingerprint density at radius 1 is 1.02 bits per heavy atom. The molecule has 8 nitrogen and oxygen atoms in total. The van der Waals surface area contributed by atoms with E-state index in [0.717, 1.165) is 11.1 Å². The van der Waals surface area contributed by atoms with Gasteiger partial charge in [-0.25, -0.2) is 0 Å². The Kier molecular flexibility index (Phi) is 6.60. The number of aryl methyl sites for hydroxylation is 1. The Morgan fingerprint density at radius 2 is 1.80 bits per heavy atom. The lowest BCUT2D eigenvalue weighted by Crippen LogP contribution is -2.59. The van der Waals surface area contributed by atoms with Gasteiger partial charge in [0.2, 0.25) is 5.91 Å². The van der Waals surface area contributed by atoms with Crippen molar-refractivity contribution in [2.45, 2.75) is 43.6 Å². The summed E-state index contributed by atoms with van der Waals surface area (Å²) in [5, 5.41) is 11.0. The molecule has 6 atom stereocenters. The van der Waals surface area contributed by atoms with Gasteiger partial charge >= 0.3 is 5.97 Å². The number of carbonyl (C=O) groups is 3. The number of amides is 2. The SMILES string of the molecule is Cc1cccc(Cl)c1N1CC=C[C@]23O[C@]4(C)C=CCOC(=O)[C@@H]4[C@H]2C(=O)N([C@@H](CO)Cc2ccccc2)C3C1=O. The van der Waals surface area contributed by atoms with Gasteiger partial charge in [0.05, 0.1) is 34.9 Å². The number of halogens is 1. The zero-order chi connectivity index (χ0) is 28.2. The first-order valence-electron chi connectivity index (χ1n) is 13.5. The van der Waals surface area contributed by atoms with E-state index in [1.165, 1.54) is 4.90 Å². The number of esters is 1. The number of benzene rings is 2. The zero-order valence-electron chi connectivity index (χ0n) is 22.3. The van der Waals surface area contributed by atoms with Crippen LogP contribution in [0.15, 0.2) is 72.8 Å². The standard InChI is InChI=1S/C31H31ClN2O6/c1-19-9-6-12-22(32)25(19)33-15-7-14-31-23(24-29(38)39-16-8-13-30(24,2)40-31)27(36)34(26(31)28(33)37)21(18-35)17-20-10-4-3-5-11-20/h3-14,21,23-24,26,35H,15-18H2,1-2H3/t21-,23+,24+,26?,30-,31+/m1/s1. The van der Waals surface area contributed by atoms with Crippen molar-refractivity contribution in [3.63, 3.8) is 0 Å². The summed E-state index contributed by atoms with van der Waals surface area (Å²) in [4.78, 5) is 45.6. The van der Waals surface area contributed by atoms with Crippen molar-refractivity contribution in [2.75, 3.05) is 24.7 Å². The molecule has 4 aliphatic rings. The van der Waals surface area contributed by atoms with Crippen LogP contribution in [0.25, 0.3) is 0 Å². The van der Waals surface area contributed by atoms with Gasteiger partial charge in [-0.2, -0.15) is 0 Å². The third-order valence-electron chi connectivity index (χ3n) is 8.63. The van der Waals surface area contributed by atoms with Crippen LogP contribution in [0.2, 0.25) is 5.02 Å². The van der Waals surface area contributed by atoms with Gasteiger partial charge in [0.15, 0.2) is 0 Å². The van der Waals surface area contributed by atoms with E-state index in [1.54, 1.807) is 42.2 Å². The fraction of sp³-hybridized carbons (Fsp3) is 0.387. The molecule has 6 rings (SSSR count). The maximum atomic E-state index is 14.7. The molecular formula is C31H31ClN2O6. The van der Waals surface area contributed by atoms with Crippen LogP contribution in [-0.2, 0) is 30.3 Å². The molecule has 0 radical (unpaired) electrons. The van der Waals surface area contributed by atoms with Crippen LogP contribution in [0.1, 0.15) is 18.1 Å². The maximum absolute atomic E-state index is 14.7. The predicted octanol–water partition coefficient (Wildman–Crippen LogP) is 3.24. The van der Waals surface area contributed by atoms with Gasteiger partial charge in [0.1, 0.15) is 24.2 Å². The highest BCUT2D eigenvalue weighted by Crippen LogP contribution is 2.58. The van der Waals surface area contributed by atoms with E-state index in [4.69, 9.17) is 21.1 Å². The number of para-hydroxylation sites is 1. The van der Waals surface area contributed by atoms with Crippen molar-refractivity contribution >= 4 is 35.1 Å². The number of likely N-dealkylation sites (tertiary alicyclic amines) is 1. The number of rotatable bonds is 5. The lowest BCUT2D eigenvalue weighted by Gasteiger charge is -2.40. The highest BCUT2D eigenvalue weighted by Gasteiger charge is 2.75. The Labute approximate surface area is 237 Å². The van der Waals surface area contributed by atoms with Gasteiger partial charge in [-0.05, 0) is 43.5 Å². The monoisotopic (exact) mass is 562 g/mol. The molecule has 1 N–H and O–H groups in total. The summed E-state index contributed by atoms with van der Waals surface area (Å²) >= 11 is 6.61. The molecule has 2 aromatic rings. The number of nitrogens with zero attached hydrogens (tertiary/aromatic N) is 2. The average Bonchev–Trinajstić information content (AvgIpc) is 3.20. The summed E-state index contributed by atoms with van der Waals surface area (Å²) in [5.41, 5.74) is -0.363. The van der Waals surface area contributed by atoms with Crippen LogP contribution in [-0.4, -0.2) is 70.8 Å². The molecule has 2 saturated heterocycles. The molecule has 208 valence electrons. The summed E-state index contributed by atoms with van der Waals surface area (Å²) in [6.45, 7) is 3.53. The summed E-state index contributed by atoms with van der Waals surface area (Å²) < 4.78 is 12.2. The first-order chi connectivity index (χ1) is 19.2.